The molecule has 0 radical (unpaired) electrons. The minimum Gasteiger partial charge on any atom is -0.497 e. The second-order valence-electron chi connectivity index (χ2n) is 6.19. The van der Waals surface area contributed by atoms with E-state index in [1.807, 2.05) is 31.4 Å². The predicted molar refractivity (Wildman–Crippen MR) is 98.7 cm³/mol. The summed E-state index contributed by atoms with van der Waals surface area (Å²) in [6.45, 7) is 11.4. The third kappa shape index (κ3) is 3.91. The van der Waals surface area contributed by atoms with E-state index in [2.05, 4.69) is 36.5 Å². The number of aliphatic imine (C=N–C) groups is 1. The Balaban J connectivity index is 2.26. The van der Waals surface area contributed by atoms with Gasteiger partial charge < -0.3 is 10.1 Å². The number of ether oxygens (including phenoxy) is 1. The molecule has 1 aliphatic heterocycles. The van der Waals surface area contributed by atoms with E-state index < -0.39 is 0 Å². The molecule has 0 saturated carbocycles. The summed E-state index contributed by atoms with van der Waals surface area (Å²) in [4.78, 5) is 4.40. The van der Waals surface area contributed by atoms with Crippen molar-refractivity contribution in [1.82, 2.24) is 5.32 Å². The van der Waals surface area contributed by atoms with E-state index >= 15 is 0 Å². The van der Waals surface area contributed by atoms with E-state index in [1.54, 1.807) is 7.11 Å². The third-order valence-electron chi connectivity index (χ3n) is 4.88. The summed E-state index contributed by atoms with van der Waals surface area (Å²) in [7, 11) is 3.51. The maximum atomic E-state index is 5.38. The van der Waals surface area contributed by atoms with Crippen LogP contribution in [0.4, 0.5) is 0 Å². The summed E-state index contributed by atoms with van der Waals surface area (Å²) >= 11 is 0. The fraction of sp³-hybridized carbons (Fsp3) is 0.450. The van der Waals surface area contributed by atoms with Gasteiger partial charge in [0.1, 0.15) is 5.76 Å². The van der Waals surface area contributed by atoms with Crippen LogP contribution in [0.1, 0.15) is 19.8 Å². The molecule has 1 heterocycles. The van der Waals surface area contributed by atoms with Crippen molar-refractivity contribution in [3.05, 3.63) is 60.4 Å². The molecular formula is C20H28N2O. The van der Waals surface area contributed by atoms with Gasteiger partial charge in [-0.25, -0.2) is 0 Å². The van der Waals surface area contributed by atoms with Crippen molar-refractivity contribution >= 4 is 5.71 Å². The first kappa shape index (κ1) is 17.5. The smallest absolute Gasteiger partial charge is 0.119 e. The van der Waals surface area contributed by atoms with Crippen LogP contribution in [-0.2, 0) is 4.74 Å². The second kappa shape index (κ2) is 8.11. The van der Waals surface area contributed by atoms with Crippen molar-refractivity contribution in [2.45, 2.75) is 25.8 Å². The lowest BCUT2D eigenvalue weighted by Crippen LogP contribution is -2.28. The van der Waals surface area contributed by atoms with Crippen LogP contribution in [-0.4, -0.2) is 32.5 Å². The Hall–Kier alpha value is -1.87. The van der Waals surface area contributed by atoms with E-state index in [0.717, 1.165) is 30.0 Å². The minimum absolute atomic E-state index is 0.414. The van der Waals surface area contributed by atoms with Crippen LogP contribution >= 0.6 is 0 Å². The van der Waals surface area contributed by atoms with Crippen molar-refractivity contribution in [3.63, 3.8) is 0 Å². The molecule has 3 nitrogen and oxygen atoms in total. The first-order valence-electron chi connectivity index (χ1n) is 8.27. The van der Waals surface area contributed by atoms with Gasteiger partial charge in [0.15, 0.2) is 0 Å². The van der Waals surface area contributed by atoms with Gasteiger partial charge in [0.25, 0.3) is 0 Å². The van der Waals surface area contributed by atoms with Crippen molar-refractivity contribution in [2.24, 2.45) is 16.8 Å². The zero-order chi connectivity index (χ0) is 16.8. The van der Waals surface area contributed by atoms with Gasteiger partial charge in [-0.1, -0.05) is 25.7 Å². The van der Waals surface area contributed by atoms with E-state index in [0.29, 0.717) is 17.9 Å². The number of methoxy groups -OCH3 is 1. The van der Waals surface area contributed by atoms with Gasteiger partial charge in [0.05, 0.1) is 12.8 Å². The summed E-state index contributed by atoms with van der Waals surface area (Å²) in [6, 6.07) is 0.414. The van der Waals surface area contributed by atoms with Crippen molar-refractivity contribution < 1.29 is 4.74 Å². The average molecular weight is 312 g/mol. The molecule has 0 bridgehead atoms. The van der Waals surface area contributed by atoms with Gasteiger partial charge in [0, 0.05) is 18.7 Å². The third-order valence-corrected chi connectivity index (χ3v) is 4.88. The van der Waals surface area contributed by atoms with E-state index in [-0.39, 0.29) is 0 Å². The maximum Gasteiger partial charge on any atom is 0.119 e. The minimum atomic E-state index is 0.414. The molecule has 3 unspecified atom stereocenters. The van der Waals surface area contributed by atoms with Gasteiger partial charge in [-0.2, -0.15) is 0 Å². The summed E-state index contributed by atoms with van der Waals surface area (Å²) in [6.07, 6.45) is 12.2. The van der Waals surface area contributed by atoms with Gasteiger partial charge in [0.2, 0.25) is 0 Å². The highest BCUT2D eigenvalue weighted by molar-refractivity contribution is 6.12. The first-order valence-corrected chi connectivity index (χ1v) is 8.27. The number of rotatable bonds is 6. The first-order chi connectivity index (χ1) is 11.1. The molecule has 1 saturated heterocycles. The molecule has 0 aromatic carbocycles. The summed E-state index contributed by atoms with van der Waals surface area (Å²) in [5, 5.41) is 3.52. The standard InChI is InChI=1S/C20H28N2O/c1-6-15(12-14(3)17-10-11-22-19(17)7-2)18-13-16(23-5)8-9-20(18)21-4/h6-9,13-14,17,19,22H,1-2,10-12H2,3-5H3/b18-15+,21-20?. The van der Waals surface area contributed by atoms with Crippen molar-refractivity contribution in [3.8, 4) is 0 Å². The second-order valence-corrected chi connectivity index (χ2v) is 6.19. The molecule has 0 spiro atoms. The van der Waals surface area contributed by atoms with Crippen LogP contribution in [0.2, 0.25) is 0 Å². The van der Waals surface area contributed by atoms with Gasteiger partial charge in [-0.15, -0.1) is 6.58 Å². The number of nitrogens with one attached hydrogen (secondary N) is 1. The van der Waals surface area contributed by atoms with Crippen LogP contribution in [0.5, 0.6) is 0 Å². The quantitative estimate of drug-likeness (QED) is 0.756. The van der Waals surface area contributed by atoms with E-state index in [9.17, 15) is 0 Å². The Labute approximate surface area is 140 Å². The Morgan fingerprint density at radius 2 is 2.26 bits per heavy atom. The Bertz CT molecular complexity index is 580. The molecule has 1 aliphatic carbocycles. The zero-order valence-electron chi connectivity index (χ0n) is 14.5. The zero-order valence-corrected chi connectivity index (χ0v) is 14.5. The number of hydrogen-bond acceptors (Lipinski definition) is 3. The highest BCUT2D eigenvalue weighted by Gasteiger charge is 2.29. The molecule has 23 heavy (non-hydrogen) atoms. The molecule has 1 fully saturated rings. The molecule has 2 rings (SSSR count). The molecule has 124 valence electrons. The van der Waals surface area contributed by atoms with Crippen LogP contribution in [0.3, 0.4) is 0 Å². The van der Waals surface area contributed by atoms with Gasteiger partial charge in [-0.05, 0) is 55.0 Å². The van der Waals surface area contributed by atoms with Gasteiger partial charge >= 0.3 is 0 Å². The van der Waals surface area contributed by atoms with Crippen molar-refractivity contribution in [1.29, 1.82) is 0 Å². The normalized spacial score (nSPS) is 29.2. The van der Waals surface area contributed by atoms with Gasteiger partial charge in [-0.3, -0.25) is 4.99 Å². The summed E-state index contributed by atoms with van der Waals surface area (Å²) < 4.78 is 5.38. The summed E-state index contributed by atoms with van der Waals surface area (Å²) in [5.41, 5.74) is 3.33. The fourth-order valence-electron chi connectivity index (χ4n) is 3.54. The molecule has 3 atom stereocenters. The SMILES string of the molecule is C=C/C(CC(C)C1CCNC1C=C)=C1/C=C(OC)C=CC1=NC. The average Bonchev–Trinajstić information content (AvgIpc) is 3.07. The Morgan fingerprint density at radius 3 is 2.87 bits per heavy atom. The largest absolute Gasteiger partial charge is 0.497 e. The molecule has 0 amide bonds. The molecular weight excluding hydrogens is 284 g/mol. The molecule has 1 N–H and O–H groups in total. The number of nitrogens with zero attached hydrogens (tertiary/aromatic N) is 1. The molecule has 0 aromatic heterocycles. The Morgan fingerprint density at radius 1 is 1.48 bits per heavy atom. The predicted octanol–water partition coefficient (Wildman–Crippen LogP) is 3.83. The lowest BCUT2D eigenvalue weighted by atomic mass is 9.81. The number of allylic oxidation sites excluding steroid dienone is 6. The Kier molecular flexibility index (Phi) is 6.17. The van der Waals surface area contributed by atoms with E-state index in [4.69, 9.17) is 4.74 Å². The monoisotopic (exact) mass is 312 g/mol. The number of hydrogen-bond donors (Lipinski definition) is 1. The lowest BCUT2D eigenvalue weighted by Gasteiger charge is -2.25. The van der Waals surface area contributed by atoms with Crippen LogP contribution in [0, 0.1) is 11.8 Å². The maximum absolute atomic E-state index is 5.38. The van der Waals surface area contributed by atoms with E-state index in [1.165, 1.54) is 12.0 Å². The summed E-state index contributed by atoms with van der Waals surface area (Å²) in [5.74, 6) is 2.03. The highest BCUT2D eigenvalue weighted by Crippen LogP contribution is 2.32. The molecule has 2 aliphatic rings. The van der Waals surface area contributed by atoms with Crippen LogP contribution in [0.15, 0.2) is 65.4 Å². The highest BCUT2D eigenvalue weighted by atomic mass is 16.5. The lowest BCUT2D eigenvalue weighted by molar-refractivity contribution is 0.306. The van der Waals surface area contributed by atoms with Crippen molar-refractivity contribution in [2.75, 3.05) is 20.7 Å². The molecule has 0 aromatic rings. The van der Waals surface area contributed by atoms with Crippen LogP contribution in [0.25, 0.3) is 0 Å². The molecule has 3 heteroatoms. The van der Waals surface area contributed by atoms with Crippen LogP contribution < -0.4 is 5.32 Å². The topological polar surface area (TPSA) is 33.6 Å². The fourth-order valence-corrected chi connectivity index (χ4v) is 3.54.